The topological polar surface area (TPSA) is 62.3 Å². The Morgan fingerprint density at radius 2 is 2.26 bits per heavy atom. The van der Waals surface area contributed by atoms with Gasteiger partial charge in [0.25, 0.3) is 0 Å². The summed E-state index contributed by atoms with van der Waals surface area (Å²) in [5.41, 5.74) is 7.80. The van der Waals surface area contributed by atoms with Crippen molar-refractivity contribution in [1.29, 1.82) is 5.26 Å². The van der Waals surface area contributed by atoms with Crippen molar-refractivity contribution in [2.45, 2.75) is 25.9 Å². The molecule has 2 N–H and O–H groups in total. The summed E-state index contributed by atoms with van der Waals surface area (Å²) < 4.78 is 5.24. The van der Waals surface area contributed by atoms with Crippen molar-refractivity contribution in [2.75, 3.05) is 20.2 Å². The van der Waals surface area contributed by atoms with Gasteiger partial charge >= 0.3 is 0 Å². The molecule has 0 spiro atoms. The van der Waals surface area contributed by atoms with Crippen molar-refractivity contribution in [1.82, 2.24) is 4.90 Å². The second kappa shape index (κ2) is 6.05. The molecule has 2 rings (SSSR count). The molecular formula is C15H21N3O. The lowest BCUT2D eigenvalue weighted by atomic mass is 9.96. The van der Waals surface area contributed by atoms with E-state index >= 15 is 0 Å². The minimum Gasteiger partial charge on any atom is -0.495 e. The second-order valence-corrected chi connectivity index (χ2v) is 5.44. The van der Waals surface area contributed by atoms with E-state index in [4.69, 9.17) is 15.7 Å². The van der Waals surface area contributed by atoms with Gasteiger partial charge in [0.05, 0.1) is 12.7 Å². The van der Waals surface area contributed by atoms with Crippen LogP contribution in [0.15, 0.2) is 18.2 Å². The molecule has 4 heteroatoms. The van der Waals surface area contributed by atoms with Crippen LogP contribution in [-0.2, 0) is 6.54 Å². The normalized spacial score (nSPS) is 23.9. The molecule has 0 aliphatic carbocycles. The lowest BCUT2D eigenvalue weighted by molar-refractivity contribution is 0.158. The summed E-state index contributed by atoms with van der Waals surface area (Å²) in [6.45, 7) is 5.12. The number of rotatable bonds is 3. The first kappa shape index (κ1) is 13.9. The van der Waals surface area contributed by atoms with E-state index in [0.29, 0.717) is 17.2 Å². The van der Waals surface area contributed by atoms with Crippen LogP contribution in [-0.4, -0.2) is 31.1 Å². The summed E-state index contributed by atoms with van der Waals surface area (Å²) in [6, 6.07) is 8.16. The molecule has 1 aliphatic rings. The maximum absolute atomic E-state index is 8.97. The number of hydrogen-bond donors (Lipinski definition) is 1. The van der Waals surface area contributed by atoms with Crippen LogP contribution < -0.4 is 10.5 Å². The van der Waals surface area contributed by atoms with Crippen molar-refractivity contribution in [3.05, 3.63) is 29.3 Å². The van der Waals surface area contributed by atoms with Crippen molar-refractivity contribution < 1.29 is 4.74 Å². The SMILES string of the molecule is COc1cc(CN2CC(C)CC(N)C2)ccc1C#N. The van der Waals surface area contributed by atoms with Gasteiger partial charge in [0, 0.05) is 25.7 Å². The Bertz CT molecular complexity index is 471. The van der Waals surface area contributed by atoms with Gasteiger partial charge < -0.3 is 10.5 Å². The highest BCUT2D eigenvalue weighted by molar-refractivity contribution is 5.45. The van der Waals surface area contributed by atoms with Gasteiger partial charge in [0.2, 0.25) is 0 Å². The van der Waals surface area contributed by atoms with E-state index < -0.39 is 0 Å². The Balaban J connectivity index is 2.09. The summed E-state index contributed by atoms with van der Waals surface area (Å²) in [4.78, 5) is 2.37. The average molecular weight is 259 g/mol. The van der Waals surface area contributed by atoms with Crippen LogP contribution in [0, 0.1) is 17.2 Å². The maximum atomic E-state index is 8.97. The van der Waals surface area contributed by atoms with Gasteiger partial charge in [-0.05, 0) is 30.0 Å². The minimum absolute atomic E-state index is 0.268. The Morgan fingerprint density at radius 1 is 1.47 bits per heavy atom. The van der Waals surface area contributed by atoms with E-state index in [1.807, 2.05) is 18.2 Å². The molecule has 19 heavy (non-hydrogen) atoms. The molecule has 2 unspecified atom stereocenters. The molecule has 1 aromatic rings. The molecule has 0 aromatic heterocycles. The van der Waals surface area contributed by atoms with Crippen LogP contribution in [0.5, 0.6) is 5.75 Å². The Kier molecular flexibility index (Phi) is 4.41. The highest BCUT2D eigenvalue weighted by atomic mass is 16.5. The second-order valence-electron chi connectivity index (χ2n) is 5.44. The summed E-state index contributed by atoms with van der Waals surface area (Å²) in [7, 11) is 1.60. The number of piperidine rings is 1. The van der Waals surface area contributed by atoms with Crippen molar-refractivity contribution in [2.24, 2.45) is 11.7 Å². The fourth-order valence-corrected chi connectivity index (χ4v) is 2.83. The fraction of sp³-hybridized carbons (Fsp3) is 0.533. The van der Waals surface area contributed by atoms with Crippen molar-refractivity contribution in [3.8, 4) is 11.8 Å². The Morgan fingerprint density at radius 3 is 2.89 bits per heavy atom. The van der Waals surface area contributed by atoms with Crippen LogP contribution in [0.2, 0.25) is 0 Å². The number of ether oxygens (including phenoxy) is 1. The minimum atomic E-state index is 0.268. The molecular weight excluding hydrogens is 238 g/mol. The standard InChI is InChI=1S/C15H21N3O/c1-11-5-14(17)10-18(8-11)9-12-3-4-13(7-16)15(6-12)19-2/h3-4,6,11,14H,5,8-10,17H2,1-2H3. The van der Waals surface area contributed by atoms with E-state index in [-0.39, 0.29) is 6.04 Å². The first-order valence-electron chi connectivity index (χ1n) is 6.67. The van der Waals surface area contributed by atoms with Gasteiger partial charge in [-0.3, -0.25) is 4.90 Å². The van der Waals surface area contributed by atoms with Crippen molar-refractivity contribution in [3.63, 3.8) is 0 Å². The third kappa shape index (κ3) is 3.46. The molecule has 1 fully saturated rings. The summed E-state index contributed by atoms with van der Waals surface area (Å²) >= 11 is 0. The van der Waals surface area contributed by atoms with Gasteiger partial charge in [-0.15, -0.1) is 0 Å². The van der Waals surface area contributed by atoms with E-state index in [1.165, 1.54) is 0 Å². The number of methoxy groups -OCH3 is 1. The third-order valence-electron chi connectivity index (χ3n) is 3.56. The fourth-order valence-electron chi connectivity index (χ4n) is 2.83. The highest BCUT2D eigenvalue weighted by Crippen LogP contribution is 2.22. The van der Waals surface area contributed by atoms with Gasteiger partial charge in [-0.1, -0.05) is 13.0 Å². The molecule has 0 saturated carbocycles. The predicted molar refractivity (Wildman–Crippen MR) is 74.7 cm³/mol. The molecule has 1 aliphatic heterocycles. The Hall–Kier alpha value is -1.57. The van der Waals surface area contributed by atoms with Crippen LogP contribution in [0.4, 0.5) is 0 Å². The van der Waals surface area contributed by atoms with Crippen LogP contribution in [0.3, 0.4) is 0 Å². The number of nitrogens with zero attached hydrogens (tertiary/aromatic N) is 2. The van der Waals surface area contributed by atoms with Crippen LogP contribution in [0.1, 0.15) is 24.5 Å². The molecule has 102 valence electrons. The quantitative estimate of drug-likeness (QED) is 0.898. The van der Waals surface area contributed by atoms with E-state index in [9.17, 15) is 0 Å². The maximum Gasteiger partial charge on any atom is 0.136 e. The molecule has 0 bridgehead atoms. The molecule has 4 nitrogen and oxygen atoms in total. The van der Waals surface area contributed by atoms with Gasteiger partial charge in [-0.25, -0.2) is 0 Å². The number of hydrogen-bond acceptors (Lipinski definition) is 4. The summed E-state index contributed by atoms with van der Waals surface area (Å²) in [5, 5.41) is 8.97. The lowest BCUT2D eigenvalue weighted by Gasteiger charge is -2.34. The first-order valence-corrected chi connectivity index (χ1v) is 6.67. The van der Waals surface area contributed by atoms with Gasteiger partial charge in [-0.2, -0.15) is 5.26 Å². The van der Waals surface area contributed by atoms with Gasteiger partial charge in [0.15, 0.2) is 0 Å². The van der Waals surface area contributed by atoms with Crippen molar-refractivity contribution >= 4 is 0 Å². The molecule has 2 atom stereocenters. The largest absolute Gasteiger partial charge is 0.495 e. The van der Waals surface area contributed by atoms with Crippen LogP contribution in [0.25, 0.3) is 0 Å². The van der Waals surface area contributed by atoms with E-state index in [1.54, 1.807) is 7.11 Å². The molecule has 1 saturated heterocycles. The monoisotopic (exact) mass is 259 g/mol. The average Bonchev–Trinajstić information content (AvgIpc) is 2.37. The predicted octanol–water partition coefficient (Wildman–Crippen LogP) is 1.74. The highest BCUT2D eigenvalue weighted by Gasteiger charge is 2.22. The summed E-state index contributed by atoms with van der Waals surface area (Å²) in [5.74, 6) is 1.29. The molecule has 0 amide bonds. The van der Waals surface area contributed by atoms with Gasteiger partial charge in [0.1, 0.15) is 11.8 Å². The molecule has 1 heterocycles. The number of likely N-dealkylation sites (tertiary alicyclic amines) is 1. The van der Waals surface area contributed by atoms with Crippen LogP contribution >= 0.6 is 0 Å². The first-order chi connectivity index (χ1) is 9.12. The zero-order chi connectivity index (χ0) is 13.8. The Labute approximate surface area is 114 Å². The van der Waals surface area contributed by atoms with E-state index in [2.05, 4.69) is 17.9 Å². The smallest absolute Gasteiger partial charge is 0.136 e. The molecule has 0 radical (unpaired) electrons. The zero-order valence-electron chi connectivity index (χ0n) is 11.6. The number of benzene rings is 1. The molecule has 1 aromatic carbocycles. The third-order valence-corrected chi connectivity index (χ3v) is 3.56. The number of nitriles is 1. The lowest BCUT2D eigenvalue weighted by Crippen LogP contribution is -2.45. The van der Waals surface area contributed by atoms with E-state index in [0.717, 1.165) is 31.6 Å². The number of nitrogens with two attached hydrogens (primary N) is 1. The zero-order valence-corrected chi connectivity index (χ0v) is 11.6. The summed E-state index contributed by atoms with van der Waals surface area (Å²) in [6.07, 6.45) is 1.10.